The number of carbonyl (C=O) groups excluding carboxylic acids is 1. The lowest BCUT2D eigenvalue weighted by atomic mass is 10.1. The molecule has 4 heteroatoms. The first-order chi connectivity index (χ1) is 9.17. The molecule has 0 radical (unpaired) electrons. The fourth-order valence-electron chi connectivity index (χ4n) is 2.23. The van der Waals surface area contributed by atoms with Crippen LogP contribution in [0, 0.1) is 0 Å². The van der Waals surface area contributed by atoms with Crippen LogP contribution in [0.1, 0.15) is 12.5 Å². The molecule has 1 N–H and O–H groups in total. The van der Waals surface area contributed by atoms with Crippen molar-refractivity contribution in [3.63, 3.8) is 0 Å². The van der Waals surface area contributed by atoms with Crippen molar-refractivity contribution >= 4 is 11.6 Å². The number of hydrogen-bond donors (Lipinski definition) is 1. The van der Waals surface area contributed by atoms with Gasteiger partial charge in [0.05, 0.1) is 6.54 Å². The van der Waals surface area contributed by atoms with E-state index in [9.17, 15) is 4.79 Å². The molecule has 0 spiro atoms. The lowest BCUT2D eigenvalue weighted by Gasteiger charge is -2.31. The maximum Gasteiger partial charge on any atom is 0.238 e. The van der Waals surface area contributed by atoms with Gasteiger partial charge in [-0.15, -0.1) is 0 Å². The first-order valence-corrected chi connectivity index (χ1v) is 6.97. The monoisotopic (exact) mass is 261 g/mol. The minimum absolute atomic E-state index is 0.0776. The number of hydrogen-bond acceptors (Lipinski definition) is 3. The zero-order valence-electron chi connectivity index (χ0n) is 11.9. The molecule has 1 aromatic carbocycles. The molecule has 104 valence electrons. The molecule has 1 saturated heterocycles. The summed E-state index contributed by atoms with van der Waals surface area (Å²) in [4.78, 5) is 16.4. The van der Waals surface area contributed by atoms with E-state index in [1.165, 1.54) is 5.56 Å². The van der Waals surface area contributed by atoms with Crippen LogP contribution in [0.15, 0.2) is 24.3 Å². The molecule has 1 aromatic rings. The summed E-state index contributed by atoms with van der Waals surface area (Å²) >= 11 is 0. The van der Waals surface area contributed by atoms with E-state index in [4.69, 9.17) is 0 Å². The van der Waals surface area contributed by atoms with Crippen molar-refractivity contribution in [1.29, 1.82) is 0 Å². The Balaban J connectivity index is 1.80. The number of anilines is 1. The molecular weight excluding hydrogens is 238 g/mol. The van der Waals surface area contributed by atoms with Gasteiger partial charge in [-0.3, -0.25) is 9.69 Å². The van der Waals surface area contributed by atoms with Crippen LogP contribution in [-0.2, 0) is 11.2 Å². The fraction of sp³-hybridized carbons (Fsp3) is 0.533. The highest BCUT2D eigenvalue weighted by atomic mass is 16.2. The second-order valence-corrected chi connectivity index (χ2v) is 5.18. The largest absolute Gasteiger partial charge is 0.325 e. The van der Waals surface area contributed by atoms with Gasteiger partial charge >= 0.3 is 0 Å². The number of benzene rings is 1. The van der Waals surface area contributed by atoms with Crippen molar-refractivity contribution in [3.8, 4) is 0 Å². The highest BCUT2D eigenvalue weighted by molar-refractivity contribution is 5.92. The predicted molar refractivity (Wildman–Crippen MR) is 78.4 cm³/mol. The average molecular weight is 261 g/mol. The third kappa shape index (κ3) is 4.33. The molecule has 1 amide bonds. The molecule has 19 heavy (non-hydrogen) atoms. The van der Waals surface area contributed by atoms with Gasteiger partial charge in [0.25, 0.3) is 0 Å². The van der Waals surface area contributed by atoms with E-state index >= 15 is 0 Å². The molecular formula is C15H23N3O. The van der Waals surface area contributed by atoms with Crippen molar-refractivity contribution in [1.82, 2.24) is 9.80 Å². The van der Waals surface area contributed by atoms with Gasteiger partial charge in [-0.2, -0.15) is 0 Å². The van der Waals surface area contributed by atoms with Crippen LogP contribution in [0.4, 0.5) is 5.69 Å². The molecule has 1 aliphatic heterocycles. The van der Waals surface area contributed by atoms with E-state index in [1.54, 1.807) is 0 Å². The molecule has 0 aliphatic carbocycles. The maximum absolute atomic E-state index is 12.0. The summed E-state index contributed by atoms with van der Waals surface area (Å²) in [7, 11) is 2.12. The summed E-state index contributed by atoms with van der Waals surface area (Å²) in [5, 5.41) is 2.96. The van der Waals surface area contributed by atoms with Crippen LogP contribution in [0.5, 0.6) is 0 Å². The van der Waals surface area contributed by atoms with Gasteiger partial charge in [0.15, 0.2) is 0 Å². The average Bonchev–Trinajstić information content (AvgIpc) is 2.42. The summed E-state index contributed by atoms with van der Waals surface area (Å²) in [6.07, 6.45) is 1.02. The highest BCUT2D eigenvalue weighted by Crippen LogP contribution is 2.10. The first kappa shape index (κ1) is 14.0. The second kappa shape index (κ2) is 6.68. The predicted octanol–water partition coefficient (Wildman–Crippen LogP) is 1.43. The van der Waals surface area contributed by atoms with Gasteiger partial charge in [0, 0.05) is 31.9 Å². The Morgan fingerprint density at radius 1 is 1.16 bits per heavy atom. The number of carbonyl (C=O) groups is 1. The third-order valence-corrected chi connectivity index (χ3v) is 3.61. The van der Waals surface area contributed by atoms with E-state index in [0.29, 0.717) is 6.54 Å². The Morgan fingerprint density at radius 2 is 1.79 bits per heavy atom. The van der Waals surface area contributed by atoms with Gasteiger partial charge in [0.2, 0.25) is 5.91 Å². The van der Waals surface area contributed by atoms with Crippen LogP contribution in [0.25, 0.3) is 0 Å². The summed E-state index contributed by atoms with van der Waals surface area (Å²) < 4.78 is 0. The zero-order chi connectivity index (χ0) is 13.7. The van der Waals surface area contributed by atoms with Gasteiger partial charge in [-0.1, -0.05) is 19.1 Å². The summed E-state index contributed by atoms with van der Waals surface area (Å²) in [6, 6.07) is 8.07. The SMILES string of the molecule is CCc1ccc(NC(=O)CN2CCN(C)CC2)cc1. The topological polar surface area (TPSA) is 35.6 Å². The van der Waals surface area contributed by atoms with Crippen molar-refractivity contribution in [2.75, 3.05) is 45.1 Å². The molecule has 1 fully saturated rings. The number of amides is 1. The maximum atomic E-state index is 12.0. The Labute approximate surface area is 115 Å². The van der Waals surface area contributed by atoms with E-state index in [-0.39, 0.29) is 5.91 Å². The number of nitrogens with zero attached hydrogens (tertiary/aromatic N) is 2. The molecule has 4 nitrogen and oxygen atoms in total. The number of likely N-dealkylation sites (N-methyl/N-ethyl adjacent to an activating group) is 1. The van der Waals surface area contributed by atoms with Crippen LogP contribution in [0.3, 0.4) is 0 Å². The molecule has 0 atom stereocenters. The zero-order valence-corrected chi connectivity index (χ0v) is 11.9. The molecule has 0 unspecified atom stereocenters. The third-order valence-electron chi connectivity index (χ3n) is 3.61. The van der Waals surface area contributed by atoms with E-state index in [2.05, 4.69) is 41.2 Å². The van der Waals surface area contributed by atoms with E-state index in [1.807, 2.05) is 12.1 Å². The highest BCUT2D eigenvalue weighted by Gasteiger charge is 2.16. The fourth-order valence-corrected chi connectivity index (χ4v) is 2.23. The molecule has 2 rings (SSSR count). The Kier molecular flexibility index (Phi) is 4.93. The van der Waals surface area contributed by atoms with Crippen molar-refractivity contribution in [2.45, 2.75) is 13.3 Å². The second-order valence-electron chi connectivity index (χ2n) is 5.18. The minimum Gasteiger partial charge on any atom is -0.325 e. The van der Waals surface area contributed by atoms with Crippen molar-refractivity contribution < 1.29 is 4.79 Å². The minimum atomic E-state index is 0.0776. The lowest BCUT2D eigenvalue weighted by molar-refractivity contribution is -0.117. The Bertz CT molecular complexity index is 408. The molecule has 0 aromatic heterocycles. The number of nitrogens with one attached hydrogen (secondary N) is 1. The van der Waals surface area contributed by atoms with Crippen LogP contribution in [-0.4, -0.2) is 55.5 Å². The lowest BCUT2D eigenvalue weighted by Crippen LogP contribution is -2.47. The molecule has 1 heterocycles. The van der Waals surface area contributed by atoms with Gasteiger partial charge in [-0.25, -0.2) is 0 Å². The molecule has 0 saturated carbocycles. The number of aryl methyl sites for hydroxylation is 1. The normalized spacial score (nSPS) is 17.4. The number of piperazine rings is 1. The van der Waals surface area contributed by atoms with E-state index in [0.717, 1.165) is 38.3 Å². The van der Waals surface area contributed by atoms with E-state index < -0.39 is 0 Å². The Morgan fingerprint density at radius 3 is 2.37 bits per heavy atom. The smallest absolute Gasteiger partial charge is 0.238 e. The van der Waals surface area contributed by atoms with Crippen LogP contribution >= 0.6 is 0 Å². The summed E-state index contributed by atoms with van der Waals surface area (Å²) in [6.45, 7) is 6.64. The Hall–Kier alpha value is -1.39. The summed E-state index contributed by atoms with van der Waals surface area (Å²) in [5.74, 6) is 0.0776. The van der Waals surface area contributed by atoms with Crippen LogP contribution in [0.2, 0.25) is 0 Å². The standard InChI is InChI=1S/C15H23N3O/c1-3-13-4-6-14(7-5-13)16-15(19)12-18-10-8-17(2)9-11-18/h4-7H,3,8-12H2,1-2H3,(H,16,19). The van der Waals surface area contributed by atoms with Gasteiger partial charge in [-0.05, 0) is 31.2 Å². The first-order valence-electron chi connectivity index (χ1n) is 6.97. The molecule has 0 bridgehead atoms. The van der Waals surface area contributed by atoms with Gasteiger partial charge in [0.1, 0.15) is 0 Å². The quantitative estimate of drug-likeness (QED) is 0.891. The van der Waals surface area contributed by atoms with Crippen molar-refractivity contribution in [3.05, 3.63) is 29.8 Å². The van der Waals surface area contributed by atoms with Gasteiger partial charge < -0.3 is 10.2 Å². The van der Waals surface area contributed by atoms with Crippen LogP contribution < -0.4 is 5.32 Å². The summed E-state index contributed by atoms with van der Waals surface area (Å²) in [5.41, 5.74) is 2.17. The molecule has 1 aliphatic rings. The number of rotatable bonds is 4. The van der Waals surface area contributed by atoms with Crippen molar-refractivity contribution in [2.24, 2.45) is 0 Å².